The summed E-state index contributed by atoms with van der Waals surface area (Å²) in [7, 11) is -3.88. The van der Waals surface area contributed by atoms with Gasteiger partial charge in [0.1, 0.15) is 0 Å². The Labute approximate surface area is 123 Å². The van der Waals surface area contributed by atoms with Gasteiger partial charge in [-0.25, -0.2) is 0 Å². The van der Waals surface area contributed by atoms with Crippen molar-refractivity contribution < 1.29 is 13.0 Å². The van der Waals surface area contributed by atoms with Crippen molar-refractivity contribution in [3.8, 4) is 0 Å². The van der Waals surface area contributed by atoms with Crippen molar-refractivity contribution in [3.63, 3.8) is 0 Å². The van der Waals surface area contributed by atoms with Gasteiger partial charge in [0.2, 0.25) is 0 Å². The molecule has 0 fully saturated rings. The molecule has 1 rings (SSSR count). The van der Waals surface area contributed by atoms with E-state index in [-0.39, 0.29) is 0 Å². The molecule has 0 amide bonds. The Kier molecular flexibility index (Phi) is 7.24. The van der Waals surface area contributed by atoms with Crippen LogP contribution in [0.15, 0.2) is 24.3 Å². The molecule has 0 spiro atoms. The molecule has 1 aromatic rings. The molecule has 1 unspecified atom stereocenters. The van der Waals surface area contributed by atoms with E-state index in [4.69, 9.17) is 4.55 Å². The summed E-state index contributed by atoms with van der Waals surface area (Å²) in [6.45, 7) is 3.75. The largest absolute Gasteiger partial charge is 0.285 e. The first-order chi connectivity index (χ1) is 9.43. The molecule has 0 aliphatic heterocycles. The van der Waals surface area contributed by atoms with Crippen molar-refractivity contribution in [2.24, 2.45) is 0 Å². The van der Waals surface area contributed by atoms with Gasteiger partial charge in [0, 0.05) is 0 Å². The quantitative estimate of drug-likeness (QED) is 0.553. The van der Waals surface area contributed by atoms with E-state index >= 15 is 0 Å². The van der Waals surface area contributed by atoms with Gasteiger partial charge in [0.05, 0.1) is 5.25 Å². The molecule has 1 N–H and O–H groups in total. The number of benzene rings is 1. The van der Waals surface area contributed by atoms with Crippen molar-refractivity contribution in [1.82, 2.24) is 0 Å². The molecular formula is C16H26O3S. The Bertz CT molecular complexity index is 494. The highest BCUT2D eigenvalue weighted by Crippen LogP contribution is 2.14. The predicted molar refractivity (Wildman–Crippen MR) is 83.6 cm³/mol. The van der Waals surface area contributed by atoms with Gasteiger partial charge in [-0.05, 0) is 50.2 Å². The van der Waals surface area contributed by atoms with E-state index in [0.717, 1.165) is 19.3 Å². The van der Waals surface area contributed by atoms with Gasteiger partial charge < -0.3 is 0 Å². The van der Waals surface area contributed by atoms with Gasteiger partial charge in [-0.3, -0.25) is 4.55 Å². The fourth-order valence-electron chi connectivity index (χ4n) is 2.26. The first kappa shape index (κ1) is 17.2. The summed E-state index contributed by atoms with van der Waals surface area (Å²) in [5, 5.41) is -0.671. The molecule has 0 aliphatic rings. The Morgan fingerprint density at radius 2 is 1.70 bits per heavy atom. The summed E-state index contributed by atoms with van der Waals surface area (Å²) in [5.74, 6) is 0. The fourth-order valence-corrected chi connectivity index (χ4v) is 2.73. The Morgan fingerprint density at radius 3 is 2.25 bits per heavy atom. The van der Waals surface area contributed by atoms with E-state index in [9.17, 15) is 8.42 Å². The van der Waals surface area contributed by atoms with Crippen LogP contribution < -0.4 is 0 Å². The summed E-state index contributed by atoms with van der Waals surface area (Å²) in [4.78, 5) is 0. The van der Waals surface area contributed by atoms with Gasteiger partial charge in [-0.15, -0.1) is 0 Å². The predicted octanol–water partition coefficient (Wildman–Crippen LogP) is 4.02. The molecular weight excluding hydrogens is 272 g/mol. The molecule has 0 saturated carbocycles. The zero-order chi connectivity index (χ0) is 15.0. The Hall–Kier alpha value is -0.870. The van der Waals surface area contributed by atoms with Crippen LogP contribution in [0.3, 0.4) is 0 Å². The maximum atomic E-state index is 10.9. The number of unbranched alkanes of at least 4 members (excludes halogenated alkanes) is 2. The summed E-state index contributed by atoms with van der Waals surface area (Å²) >= 11 is 0. The van der Waals surface area contributed by atoms with Crippen LogP contribution in [0.2, 0.25) is 0 Å². The Balaban J connectivity index is 2.42. The van der Waals surface area contributed by atoms with E-state index in [0.29, 0.717) is 6.42 Å². The molecule has 4 heteroatoms. The van der Waals surface area contributed by atoms with Crippen molar-refractivity contribution in [1.29, 1.82) is 0 Å². The molecule has 114 valence electrons. The van der Waals surface area contributed by atoms with Gasteiger partial charge in [0.25, 0.3) is 10.1 Å². The second-order valence-electron chi connectivity index (χ2n) is 5.49. The maximum Gasteiger partial charge on any atom is 0.267 e. The monoisotopic (exact) mass is 298 g/mol. The number of rotatable bonds is 9. The third-order valence-electron chi connectivity index (χ3n) is 3.64. The van der Waals surface area contributed by atoms with Gasteiger partial charge in [-0.1, -0.05) is 44.0 Å². The van der Waals surface area contributed by atoms with Crippen molar-refractivity contribution in [2.75, 3.05) is 0 Å². The summed E-state index contributed by atoms with van der Waals surface area (Å²) in [6, 6.07) is 8.53. The highest BCUT2D eigenvalue weighted by atomic mass is 32.2. The van der Waals surface area contributed by atoms with Crippen LogP contribution in [0.1, 0.15) is 57.1 Å². The minimum Gasteiger partial charge on any atom is -0.285 e. The van der Waals surface area contributed by atoms with E-state index < -0.39 is 15.4 Å². The average molecular weight is 298 g/mol. The van der Waals surface area contributed by atoms with Crippen LogP contribution in [-0.4, -0.2) is 18.2 Å². The van der Waals surface area contributed by atoms with E-state index in [1.807, 2.05) is 0 Å². The zero-order valence-corrected chi connectivity index (χ0v) is 13.3. The van der Waals surface area contributed by atoms with Gasteiger partial charge in [0.15, 0.2) is 0 Å². The molecule has 0 aromatic heterocycles. The average Bonchev–Trinajstić information content (AvgIpc) is 2.38. The standard InChI is InChI=1S/C16H26O3S/c1-3-4-5-9-15-11-7-12-16(13-15)10-6-8-14(2)20(17,18)19/h7,11-14H,3-6,8-10H2,1-2H3,(H,17,18,19). The molecule has 1 atom stereocenters. The lowest BCUT2D eigenvalue weighted by molar-refractivity contribution is 0.464. The van der Waals surface area contributed by atoms with E-state index in [1.165, 1.54) is 30.4 Å². The zero-order valence-electron chi connectivity index (χ0n) is 12.5. The molecule has 3 nitrogen and oxygen atoms in total. The van der Waals surface area contributed by atoms with E-state index in [2.05, 4.69) is 31.2 Å². The van der Waals surface area contributed by atoms with Crippen LogP contribution in [0.5, 0.6) is 0 Å². The van der Waals surface area contributed by atoms with Crippen molar-refractivity contribution in [3.05, 3.63) is 35.4 Å². The molecule has 0 saturated heterocycles. The number of aryl methyl sites for hydroxylation is 2. The lowest BCUT2D eigenvalue weighted by atomic mass is 10.0. The van der Waals surface area contributed by atoms with Crippen molar-refractivity contribution in [2.45, 2.75) is 64.0 Å². The molecule has 0 heterocycles. The molecule has 0 aliphatic carbocycles. The second-order valence-corrected chi connectivity index (χ2v) is 7.33. The number of hydrogen-bond acceptors (Lipinski definition) is 2. The lowest BCUT2D eigenvalue weighted by Gasteiger charge is -2.08. The third kappa shape index (κ3) is 6.53. The van der Waals surface area contributed by atoms with Crippen LogP contribution in [0, 0.1) is 0 Å². The van der Waals surface area contributed by atoms with Gasteiger partial charge >= 0.3 is 0 Å². The van der Waals surface area contributed by atoms with Crippen LogP contribution >= 0.6 is 0 Å². The smallest absolute Gasteiger partial charge is 0.267 e. The lowest BCUT2D eigenvalue weighted by Crippen LogP contribution is -2.16. The maximum absolute atomic E-state index is 10.9. The Morgan fingerprint density at radius 1 is 1.10 bits per heavy atom. The summed E-state index contributed by atoms with van der Waals surface area (Å²) in [6.07, 6.45) is 6.96. The molecule has 20 heavy (non-hydrogen) atoms. The van der Waals surface area contributed by atoms with Crippen LogP contribution in [-0.2, 0) is 23.0 Å². The fraction of sp³-hybridized carbons (Fsp3) is 0.625. The van der Waals surface area contributed by atoms with Crippen LogP contribution in [0.4, 0.5) is 0 Å². The molecule has 0 radical (unpaired) electrons. The van der Waals surface area contributed by atoms with Crippen LogP contribution in [0.25, 0.3) is 0 Å². The van der Waals surface area contributed by atoms with Crippen molar-refractivity contribution >= 4 is 10.1 Å². The highest BCUT2D eigenvalue weighted by molar-refractivity contribution is 7.86. The molecule has 0 bridgehead atoms. The minimum atomic E-state index is -3.88. The molecule has 1 aromatic carbocycles. The second kappa shape index (κ2) is 8.42. The topological polar surface area (TPSA) is 54.4 Å². The SMILES string of the molecule is CCCCCc1cccc(CCCC(C)S(=O)(=O)O)c1. The summed E-state index contributed by atoms with van der Waals surface area (Å²) < 4.78 is 30.8. The third-order valence-corrected chi connectivity index (χ3v) is 4.90. The first-order valence-electron chi connectivity index (χ1n) is 7.47. The summed E-state index contributed by atoms with van der Waals surface area (Å²) in [5.41, 5.74) is 2.61. The first-order valence-corrected chi connectivity index (χ1v) is 8.98. The van der Waals surface area contributed by atoms with Gasteiger partial charge in [-0.2, -0.15) is 8.42 Å². The van der Waals surface area contributed by atoms with E-state index in [1.54, 1.807) is 6.92 Å². The number of hydrogen-bond donors (Lipinski definition) is 1. The normalized spacial score (nSPS) is 13.3. The minimum absolute atomic E-state index is 0.499. The highest BCUT2D eigenvalue weighted by Gasteiger charge is 2.16.